The summed E-state index contributed by atoms with van der Waals surface area (Å²) in [4.78, 5) is 0. The van der Waals surface area contributed by atoms with Crippen LogP contribution in [0.5, 0.6) is 0 Å². The molecule has 0 bridgehead atoms. The monoisotopic (exact) mass is 275 g/mol. The average Bonchev–Trinajstić information content (AvgIpc) is 2.88. The Morgan fingerprint density at radius 1 is 1.11 bits per heavy atom. The largest absolute Gasteiger partial charge is 0.382 e. The van der Waals surface area contributed by atoms with Crippen molar-refractivity contribution in [3.63, 3.8) is 0 Å². The molecule has 1 aliphatic rings. The summed E-state index contributed by atoms with van der Waals surface area (Å²) in [6.45, 7) is 8.33. The van der Waals surface area contributed by atoms with E-state index in [9.17, 15) is 0 Å². The van der Waals surface area contributed by atoms with Crippen molar-refractivity contribution < 1.29 is 18.9 Å². The fourth-order valence-electron chi connectivity index (χ4n) is 2.27. The van der Waals surface area contributed by atoms with Crippen LogP contribution in [0.4, 0.5) is 0 Å². The highest BCUT2D eigenvalue weighted by molar-refractivity contribution is 4.76. The first-order valence-corrected chi connectivity index (χ1v) is 7.35. The van der Waals surface area contributed by atoms with Gasteiger partial charge in [-0.05, 0) is 18.8 Å². The summed E-state index contributed by atoms with van der Waals surface area (Å²) in [7, 11) is 1.67. The summed E-state index contributed by atoms with van der Waals surface area (Å²) in [6.07, 6.45) is 2.74. The molecule has 0 aromatic heterocycles. The number of hydrogen-bond donors (Lipinski definition) is 1. The fourth-order valence-corrected chi connectivity index (χ4v) is 2.27. The second kappa shape index (κ2) is 11.6. The molecule has 1 aliphatic heterocycles. The van der Waals surface area contributed by atoms with Crippen molar-refractivity contribution in [2.45, 2.75) is 25.9 Å². The lowest BCUT2D eigenvalue weighted by atomic mass is 10.00. The van der Waals surface area contributed by atoms with Gasteiger partial charge in [-0.15, -0.1) is 0 Å². The summed E-state index contributed by atoms with van der Waals surface area (Å²) in [6, 6.07) is 0. The van der Waals surface area contributed by atoms with Gasteiger partial charge in [0, 0.05) is 26.8 Å². The molecule has 1 saturated heterocycles. The Hall–Kier alpha value is -0.200. The Kier molecular flexibility index (Phi) is 10.3. The second-order valence-electron chi connectivity index (χ2n) is 4.79. The Labute approximate surface area is 116 Å². The highest BCUT2D eigenvalue weighted by Gasteiger charge is 2.25. The molecule has 5 nitrogen and oxygen atoms in total. The van der Waals surface area contributed by atoms with Crippen LogP contribution in [0.25, 0.3) is 0 Å². The maximum Gasteiger partial charge on any atom is 0.0701 e. The third-order valence-electron chi connectivity index (χ3n) is 3.38. The molecule has 19 heavy (non-hydrogen) atoms. The van der Waals surface area contributed by atoms with Gasteiger partial charge >= 0.3 is 0 Å². The number of hydrogen-bond acceptors (Lipinski definition) is 5. The summed E-state index contributed by atoms with van der Waals surface area (Å²) in [5, 5.41) is 3.44. The zero-order chi connectivity index (χ0) is 13.8. The minimum atomic E-state index is 0.447. The lowest BCUT2D eigenvalue weighted by Crippen LogP contribution is -2.30. The van der Waals surface area contributed by atoms with Crippen molar-refractivity contribution in [3.05, 3.63) is 0 Å². The molecule has 0 aliphatic carbocycles. The molecular formula is C14H29NO4. The minimum Gasteiger partial charge on any atom is -0.382 e. The zero-order valence-electron chi connectivity index (χ0n) is 12.4. The van der Waals surface area contributed by atoms with Crippen LogP contribution in [0.3, 0.4) is 0 Å². The van der Waals surface area contributed by atoms with Crippen LogP contribution < -0.4 is 5.32 Å². The summed E-state index contributed by atoms with van der Waals surface area (Å²) in [5.41, 5.74) is 0. The summed E-state index contributed by atoms with van der Waals surface area (Å²) in [5.74, 6) is 0.669. The molecule has 1 N–H and O–H groups in total. The van der Waals surface area contributed by atoms with Crippen LogP contribution in [-0.4, -0.2) is 65.9 Å². The SMILES string of the molecule is CCC1OCCC1CNCCOCCOCCOC. The Morgan fingerprint density at radius 2 is 1.84 bits per heavy atom. The van der Waals surface area contributed by atoms with E-state index < -0.39 is 0 Å². The normalized spacial score (nSPS) is 23.1. The van der Waals surface area contributed by atoms with Gasteiger partial charge in [0.25, 0.3) is 0 Å². The van der Waals surface area contributed by atoms with Gasteiger partial charge in [0.05, 0.1) is 39.1 Å². The summed E-state index contributed by atoms with van der Waals surface area (Å²) >= 11 is 0. The lowest BCUT2D eigenvalue weighted by molar-refractivity contribution is 0.0252. The van der Waals surface area contributed by atoms with Gasteiger partial charge < -0.3 is 24.3 Å². The molecule has 0 spiro atoms. The molecule has 0 radical (unpaired) electrons. The van der Waals surface area contributed by atoms with Crippen LogP contribution >= 0.6 is 0 Å². The van der Waals surface area contributed by atoms with Crippen molar-refractivity contribution in [1.29, 1.82) is 0 Å². The fraction of sp³-hybridized carbons (Fsp3) is 1.00. The molecule has 2 unspecified atom stereocenters. The number of nitrogens with one attached hydrogen (secondary N) is 1. The topological polar surface area (TPSA) is 49.0 Å². The predicted octanol–water partition coefficient (Wildman–Crippen LogP) is 1.07. The maximum atomic E-state index is 5.66. The van der Waals surface area contributed by atoms with Gasteiger partial charge in [-0.3, -0.25) is 0 Å². The smallest absolute Gasteiger partial charge is 0.0701 e. The highest BCUT2D eigenvalue weighted by atomic mass is 16.5. The lowest BCUT2D eigenvalue weighted by Gasteiger charge is -2.17. The van der Waals surface area contributed by atoms with Crippen LogP contribution in [0.2, 0.25) is 0 Å². The third-order valence-corrected chi connectivity index (χ3v) is 3.38. The van der Waals surface area contributed by atoms with Gasteiger partial charge in [0.1, 0.15) is 0 Å². The second-order valence-corrected chi connectivity index (χ2v) is 4.79. The van der Waals surface area contributed by atoms with E-state index in [2.05, 4.69) is 12.2 Å². The van der Waals surface area contributed by atoms with Crippen molar-refractivity contribution in [3.8, 4) is 0 Å². The molecule has 1 fully saturated rings. The first-order chi connectivity index (χ1) is 9.38. The molecule has 0 aromatic carbocycles. The van der Waals surface area contributed by atoms with E-state index in [1.165, 1.54) is 6.42 Å². The van der Waals surface area contributed by atoms with E-state index in [0.717, 1.165) is 32.7 Å². The van der Waals surface area contributed by atoms with Crippen LogP contribution in [0.1, 0.15) is 19.8 Å². The summed E-state index contributed by atoms with van der Waals surface area (Å²) < 4.78 is 21.3. The molecule has 2 atom stereocenters. The Balaban J connectivity index is 1.81. The van der Waals surface area contributed by atoms with E-state index in [4.69, 9.17) is 18.9 Å². The standard InChI is InChI=1S/C14H29NO4/c1-3-14-13(4-6-19-14)12-15-5-7-17-10-11-18-9-8-16-2/h13-15H,3-12H2,1-2H3. The van der Waals surface area contributed by atoms with E-state index >= 15 is 0 Å². The highest BCUT2D eigenvalue weighted by Crippen LogP contribution is 2.22. The van der Waals surface area contributed by atoms with Gasteiger partial charge in [0.2, 0.25) is 0 Å². The number of ether oxygens (including phenoxy) is 4. The van der Waals surface area contributed by atoms with Gasteiger partial charge in [-0.2, -0.15) is 0 Å². The van der Waals surface area contributed by atoms with E-state index in [-0.39, 0.29) is 0 Å². The number of methoxy groups -OCH3 is 1. The molecular weight excluding hydrogens is 246 g/mol. The van der Waals surface area contributed by atoms with E-state index in [1.54, 1.807) is 7.11 Å². The zero-order valence-corrected chi connectivity index (χ0v) is 12.4. The van der Waals surface area contributed by atoms with Gasteiger partial charge in [-0.1, -0.05) is 6.92 Å². The molecule has 0 saturated carbocycles. The van der Waals surface area contributed by atoms with Crippen LogP contribution in [0.15, 0.2) is 0 Å². The molecule has 1 rings (SSSR count). The van der Waals surface area contributed by atoms with Crippen molar-refractivity contribution >= 4 is 0 Å². The molecule has 1 heterocycles. The van der Waals surface area contributed by atoms with Gasteiger partial charge in [-0.25, -0.2) is 0 Å². The maximum absolute atomic E-state index is 5.66. The van der Waals surface area contributed by atoms with Crippen molar-refractivity contribution in [1.82, 2.24) is 5.32 Å². The quantitative estimate of drug-likeness (QED) is 0.540. The molecule has 0 amide bonds. The van der Waals surface area contributed by atoms with E-state index in [1.807, 2.05) is 0 Å². The molecule has 0 aromatic rings. The van der Waals surface area contributed by atoms with E-state index in [0.29, 0.717) is 38.4 Å². The van der Waals surface area contributed by atoms with Crippen molar-refractivity contribution in [2.75, 3.05) is 59.8 Å². The van der Waals surface area contributed by atoms with Gasteiger partial charge in [0.15, 0.2) is 0 Å². The Morgan fingerprint density at radius 3 is 2.58 bits per heavy atom. The molecule has 114 valence electrons. The molecule has 5 heteroatoms. The Bertz CT molecular complexity index is 204. The van der Waals surface area contributed by atoms with Crippen molar-refractivity contribution in [2.24, 2.45) is 5.92 Å². The number of rotatable bonds is 12. The first kappa shape index (κ1) is 16.9. The average molecular weight is 275 g/mol. The van der Waals surface area contributed by atoms with Crippen LogP contribution in [0, 0.1) is 5.92 Å². The first-order valence-electron chi connectivity index (χ1n) is 7.35. The van der Waals surface area contributed by atoms with Crippen LogP contribution in [-0.2, 0) is 18.9 Å². The minimum absolute atomic E-state index is 0.447. The third kappa shape index (κ3) is 7.84. The predicted molar refractivity (Wildman–Crippen MR) is 74.5 cm³/mol.